The zero-order chi connectivity index (χ0) is 17.9. The van der Waals surface area contributed by atoms with Crippen LogP contribution in [0.5, 0.6) is 5.75 Å². The highest BCUT2D eigenvalue weighted by atomic mass is 32.1. The molecule has 0 saturated heterocycles. The number of aromatic nitrogens is 1. The van der Waals surface area contributed by atoms with E-state index >= 15 is 0 Å². The normalized spacial score (nSPS) is 15.8. The Kier molecular flexibility index (Phi) is 4.71. The maximum Gasteiger partial charge on any atom is 0.233 e. The molecular weight excluding hydrogens is 344 g/mol. The van der Waals surface area contributed by atoms with Crippen LogP contribution in [0.3, 0.4) is 0 Å². The number of amides is 1. The largest absolute Gasteiger partial charge is 0.492 e. The predicted molar refractivity (Wildman–Crippen MR) is 104 cm³/mol. The van der Waals surface area contributed by atoms with Crippen LogP contribution in [0.4, 0.5) is 5.13 Å². The molecule has 0 fully saturated rings. The summed E-state index contributed by atoms with van der Waals surface area (Å²) in [7, 11) is 0. The molecule has 1 aliphatic rings. The molecule has 2 aromatic carbocycles. The molecule has 0 unspecified atom stereocenters. The summed E-state index contributed by atoms with van der Waals surface area (Å²) in [6.45, 7) is 2.50. The van der Waals surface area contributed by atoms with Crippen LogP contribution in [-0.2, 0) is 17.6 Å². The van der Waals surface area contributed by atoms with Gasteiger partial charge < -0.3 is 10.1 Å². The van der Waals surface area contributed by atoms with E-state index in [0.717, 1.165) is 22.6 Å². The van der Waals surface area contributed by atoms with E-state index in [0.29, 0.717) is 18.2 Å². The van der Waals surface area contributed by atoms with E-state index in [4.69, 9.17) is 4.74 Å². The second-order valence-electron chi connectivity index (χ2n) is 6.61. The number of hydrogen-bond donors (Lipinski definition) is 1. The number of thiazole rings is 1. The number of nitrogens with one attached hydrogen (secondary N) is 1. The van der Waals surface area contributed by atoms with Crippen LogP contribution in [0.15, 0.2) is 54.7 Å². The summed E-state index contributed by atoms with van der Waals surface area (Å²) >= 11 is 1.53. The van der Waals surface area contributed by atoms with Crippen molar-refractivity contribution in [3.8, 4) is 5.75 Å². The minimum Gasteiger partial charge on any atom is -0.492 e. The molecule has 0 saturated carbocycles. The molecule has 4 rings (SSSR count). The Bertz CT molecular complexity index is 935. The highest BCUT2D eigenvalue weighted by Crippen LogP contribution is 2.28. The van der Waals surface area contributed by atoms with E-state index in [1.807, 2.05) is 30.5 Å². The number of nitrogens with zero attached hydrogens (tertiary/aromatic N) is 1. The zero-order valence-electron chi connectivity index (χ0n) is 14.6. The van der Waals surface area contributed by atoms with Crippen molar-refractivity contribution < 1.29 is 9.53 Å². The van der Waals surface area contributed by atoms with Crippen LogP contribution in [0.1, 0.15) is 21.6 Å². The van der Waals surface area contributed by atoms with Gasteiger partial charge in [-0.25, -0.2) is 4.98 Å². The number of para-hydroxylation sites is 1. The lowest BCUT2D eigenvalue weighted by atomic mass is 9.96. The average molecular weight is 364 g/mol. The zero-order valence-corrected chi connectivity index (χ0v) is 15.4. The standard InChI is InChI=1S/C21H20N2O2S/c1-14-5-4-6-15(9-14)10-18-12-22-21(26-18)23-20(24)17-11-16-7-2-3-8-19(16)25-13-17/h2-9,12,17H,10-11,13H2,1H3,(H,22,23,24)/t17-/m0/s1. The number of anilines is 1. The summed E-state index contributed by atoms with van der Waals surface area (Å²) in [5.74, 6) is 0.663. The smallest absolute Gasteiger partial charge is 0.233 e. The number of fused-ring (bicyclic) bond motifs is 1. The summed E-state index contributed by atoms with van der Waals surface area (Å²) in [5.41, 5.74) is 3.58. The van der Waals surface area contributed by atoms with Crippen molar-refractivity contribution in [3.05, 3.63) is 76.3 Å². The molecule has 2 heterocycles. The molecule has 1 aliphatic heterocycles. The number of hydrogen-bond acceptors (Lipinski definition) is 4. The molecule has 0 bridgehead atoms. The van der Waals surface area contributed by atoms with Crippen LogP contribution >= 0.6 is 11.3 Å². The van der Waals surface area contributed by atoms with Crippen LogP contribution in [-0.4, -0.2) is 17.5 Å². The fourth-order valence-corrected chi connectivity index (χ4v) is 4.02. The van der Waals surface area contributed by atoms with Crippen LogP contribution < -0.4 is 10.1 Å². The van der Waals surface area contributed by atoms with E-state index in [2.05, 4.69) is 41.5 Å². The van der Waals surface area contributed by atoms with E-state index in [9.17, 15) is 4.79 Å². The van der Waals surface area contributed by atoms with Gasteiger partial charge in [-0.15, -0.1) is 11.3 Å². The maximum absolute atomic E-state index is 12.6. The molecule has 4 nitrogen and oxygen atoms in total. The molecule has 0 radical (unpaired) electrons. The van der Waals surface area contributed by atoms with E-state index in [1.165, 1.54) is 22.5 Å². The Morgan fingerprint density at radius 3 is 3.04 bits per heavy atom. The van der Waals surface area contributed by atoms with Crippen molar-refractivity contribution in [1.82, 2.24) is 4.98 Å². The number of ether oxygens (including phenoxy) is 1. The van der Waals surface area contributed by atoms with Gasteiger partial charge in [0.1, 0.15) is 12.4 Å². The first-order valence-corrected chi connectivity index (χ1v) is 9.51. The van der Waals surface area contributed by atoms with E-state index in [1.54, 1.807) is 0 Å². The summed E-state index contributed by atoms with van der Waals surface area (Å²) in [4.78, 5) is 18.1. The molecule has 1 N–H and O–H groups in total. The molecule has 0 aliphatic carbocycles. The van der Waals surface area contributed by atoms with Gasteiger partial charge in [0.05, 0.1) is 5.92 Å². The van der Waals surface area contributed by atoms with Crippen molar-refractivity contribution in [2.45, 2.75) is 19.8 Å². The third-order valence-electron chi connectivity index (χ3n) is 4.49. The van der Waals surface area contributed by atoms with E-state index < -0.39 is 0 Å². The number of carbonyl (C=O) groups excluding carboxylic acids is 1. The minimum absolute atomic E-state index is 0.0315. The van der Waals surface area contributed by atoms with Gasteiger partial charge in [-0.3, -0.25) is 4.79 Å². The third kappa shape index (κ3) is 3.78. The van der Waals surface area contributed by atoms with Crippen molar-refractivity contribution >= 4 is 22.4 Å². The highest BCUT2D eigenvalue weighted by molar-refractivity contribution is 7.15. The van der Waals surface area contributed by atoms with Crippen molar-refractivity contribution in [2.75, 3.05) is 11.9 Å². The lowest BCUT2D eigenvalue weighted by Crippen LogP contribution is -2.32. The van der Waals surface area contributed by atoms with Gasteiger partial charge in [-0.05, 0) is 30.5 Å². The van der Waals surface area contributed by atoms with Gasteiger partial charge in [0, 0.05) is 17.5 Å². The maximum atomic E-state index is 12.6. The van der Waals surface area contributed by atoms with Crippen molar-refractivity contribution in [3.63, 3.8) is 0 Å². The summed E-state index contributed by atoms with van der Waals surface area (Å²) in [6, 6.07) is 16.3. The fourth-order valence-electron chi connectivity index (χ4n) is 3.17. The second kappa shape index (κ2) is 7.30. The molecule has 26 heavy (non-hydrogen) atoms. The molecular formula is C21H20N2O2S. The fraction of sp³-hybridized carbons (Fsp3) is 0.238. The highest BCUT2D eigenvalue weighted by Gasteiger charge is 2.26. The van der Waals surface area contributed by atoms with Crippen LogP contribution in [0.25, 0.3) is 0 Å². The molecule has 0 spiro atoms. The summed E-state index contributed by atoms with van der Waals surface area (Å²) < 4.78 is 5.71. The molecule has 3 aromatic rings. The Morgan fingerprint density at radius 2 is 2.15 bits per heavy atom. The number of rotatable bonds is 4. The second-order valence-corrected chi connectivity index (χ2v) is 7.72. The Morgan fingerprint density at radius 1 is 1.27 bits per heavy atom. The quantitative estimate of drug-likeness (QED) is 0.754. The molecule has 132 valence electrons. The number of carbonyl (C=O) groups is 1. The Balaban J connectivity index is 1.39. The van der Waals surface area contributed by atoms with Gasteiger partial charge in [-0.2, -0.15) is 0 Å². The third-order valence-corrected chi connectivity index (χ3v) is 5.41. The minimum atomic E-state index is -0.186. The number of benzene rings is 2. The van der Waals surface area contributed by atoms with Gasteiger partial charge in [0.15, 0.2) is 5.13 Å². The summed E-state index contributed by atoms with van der Waals surface area (Å²) in [6.07, 6.45) is 3.37. The average Bonchev–Trinajstić information content (AvgIpc) is 3.08. The van der Waals surface area contributed by atoms with E-state index in [-0.39, 0.29) is 11.8 Å². The van der Waals surface area contributed by atoms with Crippen molar-refractivity contribution in [1.29, 1.82) is 0 Å². The van der Waals surface area contributed by atoms with Crippen molar-refractivity contribution in [2.24, 2.45) is 5.92 Å². The monoisotopic (exact) mass is 364 g/mol. The van der Waals surface area contributed by atoms with Crippen LogP contribution in [0, 0.1) is 12.8 Å². The molecule has 1 aromatic heterocycles. The Labute approximate surface area is 156 Å². The summed E-state index contributed by atoms with van der Waals surface area (Å²) in [5, 5.41) is 3.60. The predicted octanol–water partition coefficient (Wildman–Crippen LogP) is 4.23. The van der Waals surface area contributed by atoms with Gasteiger partial charge in [-0.1, -0.05) is 48.0 Å². The number of aryl methyl sites for hydroxylation is 1. The molecule has 5 heteroatoms. The van der Waals surface area contributed by atoms with Crippen LogP contribution in [0.2, 0.25) is 0 Å². The first-order valence-electron chi connectivity index (χ1n) is 8.69. The molecule has 1 amide bonds. The SMILES string of the molecule is Cc1cccc(Cc2cnc(NC(=O)[C@@H]3COc4ccccc4C3)s2)c1. The van der Waals surface area contributed by atoms with Gasteiger partial charge in [0.25, 0.3) is 0 Å². The van der Waals surface area contributed by atoms with Gasteiger partial charge in [0.2, 0.25) is 5.91 Å². The molecule has 1 atom stereocenters. The first-order chi connectivity index (χ1) is 12.7. The Hall–Kier alpha value is -2.66. The van der Waals surface area contributed by atoms with Gasteiger partial charge >= 0.3 is 0 Å². The first kappa shape index (κ1) is 16.8. The lowest BCUT2D eigenvalue weighted by Gasteiger charge is -2.24. The topological polar surface area (TPSA) is 51.2 Å². The lowest BCUT2D eigenvalue weighted by molar-refractivity contribution is -0.121.